The highest BCUT2D eigenvalue weighted by Crippen LogP contribution is 2.06. The molecular formula is C8H11N5O. The Labute approximate surface area is 81.9 Å². The number of nitrogens with zero attached hydrogens (tertiary/aromatic N) is 3. The molecule has 6 heteroatoms. The first-order chi connectivity index (χ1) is 6.86. The van der Waals surface area contributed by atoms with Crippen molar-refractivity contribution in [2.45, 2.75) is 0 Å². The van der Waals surface area contributed by atoms with E-state index in [0.29, 0.717) is 24.8 Å². The van der Waals surface area contributed by atoms with Gasteiger partial charge in [0, 0.05) is 19.7 Å². The minimum Gasteiger partial charge on any atom is -0.383 e. The van der Waals surface area contributed by atoms with Crippen molar-refractivity contribution in [1.29, 1.82) is 5.26 Å². The van der Waals surface area contributed by atoms with Gasteiger partial charge in [-0.3, -0.25) is 5.32 Å². The second-order valence-corrected chi connectivity index (χ2v) is 2.44. The van der Waals surface area contributed by atoms with Crippen LogP contribution in [0.2, 0.25) is 0 Å². The zero-order valence-electron chi connectivity index (χ0n) is 7.82. The maximum Gasteiger partial charge on any atom is 0.182 e. The first-order valence-corrected chi connectivity index (χ1v) is 4.07. The molecule has 1 rings (SSSR count). The Morgan fingerprint density at radius 1 is 1.50 bits per heavy atom. The molecule has 6 nitrogen and oxygen atoms in total. The molecule has 0 aliphatic carbocycles. The molecular weight excluding hydrogens is 182 g/mol. The largest absolute Gasteiger partial charge is 0.383 e. The molecule has 0 atom stereocenters. The zero-order valence-corrected chi connectivity index (χ0v) is 7.82. The normalized spacial score (nSPS) is 9.14. The van der Waals surface area contributed by atoms with Gasteiger partial charge >= 0.3 is 0 Å². The molecule has 1 aromatic rings. The second kappa shape index (κ2) is 5.72. The molecule has 0 unspecified atom stereocenters. The highest BCUT2D eigenvalue weighted by molar-refractivity contribution is 5.48. The smallest absolute Gasteiger partial charge is 0.182 e. The third-order valence-corrected chi connectivity index (χ3v) is 1.46. The lowest BCUT2D eigenvalue weighted by Gasteiger charge is -2.04. The molecule has 14 heavy (non-hydrogen) atoms. The molecule has 1 aromatic heterocycles. The molecule has 1 heterocycles. The fraction of sp³-hybridized carbons (Fsp3) is 0.375. The highest BCUT2D eigenvalue weighted by Gasteiger charge is 1.96. The van der Waals surface area contributed by atoms with Gasteiger partial charge in [0.1, 0.15) is 18.0 Å². The maximum absolute atomic E-state index is 8.36. The lowest BCUT2D eigenvalue weighted by molar-refractivity contribution is 0.210. The number of ether oxygens (including phenoxy) is 1. The summed E-state index contributed by atoms with van der Waals surface area (Å²) in [6, 6.07) is 1.65. The molecule has 0 saturated heterocycles. The SMILES string of the molecule is COCCNc1cc(NC#N)ncn1. The number of hydrogen-bond donors (Lipinski definition) is 2. The van der Waals surface area contributed by atoms with Crippen molar-refractivity contribution in [2.75, 3.05) is 30.9 Å². The standard InChI is InChI=1S/C8H11N5O/c1-14-3-2-10-7-4-8(11-5-9)13-6-12-7/h4,6H,2-3H2,1H3,(H2,10,11,12,13). The first-order valence-electron chi connectivity index (χ1n) is 4.07. The van der Waals surface area contributed by atoms with E-state index in [2.05, 4.69) is 20.6 Å². The van der Waals surface area contributed by atoms with Crippen LogP contribution >= 0.6 is 0 Å². The average Bonchev–Trinajstić information content (AvgIpc) is 2.19. The third kappa shape index (κ3) is 3.25. The topological polar surface area (TPSA) is 82.9 Å². The molecule has 0 bridgehead atoms. The van der Waals surface area contributed by atoms with Crippen LogP contribution in [-0.4, -0.2) is 30.2 Å². The van der Waals surface area contributed by atoms with Crippen LogP contribution in [0.5, 0.6) is 0 Å². The highest BCUT2D eigenvalue weighted by atomic mass is 16.5. The monoisotopic (exact) mass is 193 g/mol. The third-order valence-electron chi connectivity index (χ3n) is 1.46. The zero-order chi connectivity index (χ0) is 10.2. The van der Waals surface area contributed by atoms with E-state index in [1.165, 1.54) is 6.33 Å². The van der Waals surface area contributed by atoms with Crippen molar-refractivity contribution in [3.05, 3.63) is 12.4 Å². The Hall–Kier alpha value is -1.87. The lowest BCUT2D eigenvalue weighted by Crippen LogP contribution is -2.09. The molecule has 0 aromatic carbocycles. The van der Waals surface area contributed by atoms with Gasteiger partial charge in [0.05, 0.1) is 6.61 Å². The number of anilines is 2. The molecule has 0 radical (unpaired) electrons. The minimum absolute atomic E-state index is 0.474. The summed E-state index contributed by atoms with van der Waals surface area (Å²) in [5.41, 5.74) is 0. The van der Waals surface area contributed by atoms with Gasteiger partial charge in [-0.2, -0.15) is 5.26 Å². The minimum atomic E-state index is 0.474. The van der Waals surface area contributed by atoms with Gasteiger partial charge in [-0.1, -0.05) is 0 Å². The van der Waals surface area contributed by atoms with E-state index < -0.39 is 0 Å². The van der Waals surface area contributed by atoms with Crippen LogP contribution < -0.4 is 10.6 Å². The van der Waals surface area contributed by atoms with Crippen LogP contribution in [-0.2, 0) is 4.74 Å². The molecule has 0 saturated carbocycles. The van der Waals surface area contributed by atoms with E-state index in [1.807, 2.05) is 0 Å². The summed E-state index contributed by atoms with van der Waals surface area (Å²) in [7, 11) is 1.63. The average molecular weight is 193 g/mol. The van der Waals surface area contributed by atoms with Gasteiger partial charge in [0.15, 0.2) is 6.19 Å². The van der Waals surface area contributed by atoms with Crippen LogP contribution in [0.3, 0.4) is 0 Å². The summed E-state index contributed by atoms with van der Waals surface area (Å²) in [4.78, 5) is 7.81. The molecule has 2 N–H and O–H groups in total. The van der Waals surface area contributed by atoms with E-state index in [9.17, 15) is 0 Å². The molecule has 74 valence electrons. The number of aromatic nitrogens is 2. The van der Waals surface area contributed by atoms with E-state index >= 15 is 0 Å². The molecule has 0 spiro atoms. The van der Waals surface area contributed by atoms with Gasteiger partial charge < -0.3 is 10.1 Å². The number of hydrogen-bond acceptors (Lipinski definition) is 6. The number of rotatable bonds is 5. The summed E-state index contributed by atoms with van der Waals surface area (Å²) in [6.45, 7) is 1.27. The van der Waals surface area contributed by atoms with Gasteiger partial charge in [-0.15, -0.1) is 0 Å². The fourth-order valence-corrected chi connectivity index (χ4v) is 0.861. The Morgan fingerprint density at radius 3 is 3.00 bits per heavy atom. The summed E-state index contributed by atoms with van der Waals surface area (Å²) in [6.07, 6.45) is 3.17. The van der Waals surface area contributed by atoms with Crippen LogP contribution in [0.15, 0.2) is 12.4 Å². The second-order valence-electron chi connectivity index (χ2n) is 2.44. The predicted molar refractivity (Wildman–Crippen MR) is 51.6 cm³/mol. The lowest BCUT2D eigenvalue weighted by atomic mass is 10.5. The van der Waals surface area contributed by atoms with Crippen molar-refractivity contribution in [2.24, 2.45) is 0 Å². The van der Waals surface area contributed by atoms with Crippen LogP contribution in [0.1, 0.15) is 0 Å². The molecule has 0 aliphatic rings. The Kier molecular flexibility index (Phi) is 4.17. The Balaban J connectivity index is 2.51. The van der Waals surface area contributed by atoms with Gasteiger partial charge in [-0.25, -0.2) is 9.97 Å². The predicted octanol–water partition coefficient (Wildman–Crippen LogP) is 0.428. The van der Waals surface area contributed by atoms with Crippen molar-refractivity contribution < 1.29 is 4.74 Å². The summed E-state index contributed by atoms with van der Waals surface area (Å²) >= 11 is 0. The van der Waals surface area contributed by atoms with E-state index in [4.69, 9.17) is 10.00 Å². The van der Waals surface area contributed by atoms with Crippen LogP contribution in [0, 0.1) is 11.5 Å². The first kappa shape index (κ1) is 10.2. The molecule has 0 aliphatic heterocycles. The van der Waals surface area contributed by atoms with E-state index in [1.54, 1.807) is 19.4 Å². The molecule has 0 fully saturated rings. The van der Waals surface area contributed by atoms with Gasteiger partial charge in [0.2, 0.25) is 0 Å². The fourth-order valence-electron chi connectivity index (χ4n) is 0.861. The van der Waals surface area contributed by atoms with Crippen LogP contribution in [0.25, 0.3) is 0 Å². The number of methoxy groups -OCH3 is 1. The molecule has 0 amide bonds. The summed E-state index contributed by atoms with van der Waals surface area (Å²) in [5, 5.41) is 13.8. The van der Waals surface area contributed by atoms with Gasteiger partial charge in [0.25, 0.3) is 0 Å². The maximum atomic E-state index is 8.36. The Bertz CT molecular complexity index is 322. The number of nitriles is 1. The van der Waals surface area contributed by atoms with Crippen molar-refractivity contribution >= 4 is 11.6 Å². The van der Waals surface area contributed by atoms with Crippen molar-refractivity contribution in [1.82, 2.24) is 9.97 Å². The quantitative estimate of drug-likeness (QED) is 0.401. The van der Waals surface area contributed by atoms with Crippen molar-refractivity contribution in [3.8, 4) is 6.19 Å². The van der Waals surface area contributed by atoms with E-state index in [-0.39, 0.29) is 0 Å². The van der Waals surface area contributed by atoms with E-state index in [0.717, 1.165) is 0 Å². The summed E-state index contributed by atoms with van der Waals surface area (Å²) < 4.78 is 4.87. The summed E-state index contributed by atoms with van der Waals surface area (Å²) in [5.74, 6) is 1.14. The number of nitrogens with one attached hydrogen (secondary N) is 2. The van der Waals surface area contributed by atoms with Gasteiger partial charge in [-0.05, 0) is 0 Å². The van der Waals surface area contributed by atoms with Crippen molar-refractivity contribution in [3.63, 3.8) is 0 Å². The van der Waals surface area contributed by atoms with Crippen LogP contribution in [0.4, 0.5) is 11.6 Å². The Morgan fingerprint density at radius 2 is 2.29 bits per heavy atom.